The van der Waals surface area contributed by atoms with E-state index in [4.69, 9.17) is 4.74 Å². The lowest BCUT2D eigenvalue weighted by atomic mass is 10.4. The highest BCUT2D eigenvalue weighted by atomic mass is 16.5. The average molecular weight is 239 g/mol. The Morgan fingerprint density at radius 2 is 2.18 bits per heavy atom. The predicted octanol–water partition coefficient (Wildman–Crippen LogP) is 1.03. The Morgan fingerprint density at radius 3 is 2.88 bits per heavy atom. The van der Waals surface area contributed by atoms with Crippen LogP contribution in [0.1, 0.15) is 26.7 Å². The number of hydrogen-bond donors (Lipinski definition) is 1. The van der Waals surface area contributed by atoms with E-state index in [2.05, 4.69) is 17.2 Å². The Balaban J connectivity index is 2.48. The molecule has 0 fully saturated rings. The first-order chi connectivity index (χ1) is 8.29. The molecule has 1 N–H and O–H groups in total. The highest BCUT2D eigenvalue weighted by molar-refractivity contribution is 5.04. The van der Waals surface area contributed by atoms with Crippen molar-refractivity contribution in [2.24, 2.45) is 0 Å². The van der Waals surface area contributed by atoms with Gasteiger partial charge in [0.15, 0.2) is 0 Å². The summed E-state index contributed by atoms with van der Waals surface area (Å²) in [6.45, 7) is 7.01. The van der Waals surface area contributed by atoms with Gasteiger partial charge >= 0.3 is 5.56 Å². The summed E-state index contributed by atoms with van der Waals surface area (Å²) in [6.07, 6.45) is 5.30. The molecule has 5 nitrogen and oxygen atoms in total. The molecule has 1 aromatic heterocycles. The molecule has 1 heterocycles. The van der Waals surface area contributed by atoms with Crippen molar-refractivity contribution in [3.05, 3.63) is 22.7 Å². The number of rotatable bonds is 8. The third kappa shape index (κ3) is 4.56. The average Bonchev–Trinajstić information content (AvgIpc) is 2.33. The van der Waals surface area contributed by atoms with Gasteiger partial charge in [0.25, 0.3) is 5.88 Å². The molecule has 0 amide bonds. The summed E-state index contributed by atoms with van der Waals surface area (Å²) in [5, 5.41) is 3.20. The number of ether oxygens (including phenoxy) is 1. The van der Waals surface area contributed by atoms with Crippen LogP contribution >= 0.6 is 0 Å². The molecule has 1 aromatic rings. The van der Waals surface area contributed by atoms with E-state index in [1.807, 2.05) is 6.92 Å². The van der Waals surface area contributed by atoms with Crippen LogP contribution in [-0.2, 0) is 6.54 Å². The summed E-state index contributed by atoms with van der Waals surface area (Å²) in [5.41, 5.74) is -0.148. The highest BCUT2D eigenvalue weighted by Crippen LogP contribution is 1.96. The highest BCUT2D eigenvalue weighted by Gasteiger charge is 2.04. The second-order valence-corrected chi connectivity index (χ2v) is 3.83. The molecule has 0 aliphatic carbocycles. The largest absolute Gasteiger partial charge is 0.472 e. The zero-order chi connectivity index (χ0) is 12.5. The van der Waals surface area contributed by atoms with E-state index in [0.717, 1.165) is 25.9 Å². The summed E-state index contributed by atoms with van der Waals surface area (Å²) < 4.78 is 6.99. The fraction of sp³-hybridized carbons (Fsp3) is 0.667. The lowest BCUT2D eigenvalue weighted by Gasteiger charge is -2.08. The maximum Gasteiger partial charge on any atom is 0.313 e. The zero-order valence-electron chi connectivity index (χ0n) is 10.6. The van der Waals surface area contributed by atoms with Gasteiger partial charge in [-0.15, -0.1) is 0 Å². The number of hydrogen-bond acceptors (Lipinski definition) is 4. The molecule has 0 aromatic carbocycles. The van der Waals surface area contributed by atoms with Gasteiger partial charge < -0.3 is 14.6 Å². The van der Waals surface area contributed by atoms with Crippen LogP contribution in [0.2, 0.25) is 0 Å². The molecule has 0 saturated carbocycles. The Morgan fingerprint density at radius 1 is 1.35 bits per heavy atom. The summed E-state index contributed by atoms with van der Waals surface area (Å²) in [7, 11) is 0. The van der Waals surface area contributed by atoms with Crippen molar-refractivity contribution < 1.29 is 4.74 Å². The van der Waals surface area contributed by atoms with E-state index in [1.54, 1.807) is 17.0 Å². The van der Waals surface area contributed by atoms with Crippen molar-refractivity contribution in [3.8, 4) is 5.88 Å². The van der Waals surface area contributed by atoms with Crippen LogP contribution in [0, 0.1) is 0 Å². The summed E-state index contributed by atoms with van der Waals surface area (Å²) in [5.74, 6) is 0.194. The van der Waals surface area contributed by atoms with Crippen molar-refractivity contribution >= 4 is 0 Å². The van der Waals surface area contributed by atoms with E-state index in [9.17, 15) is 4.79 Å². The lowest BCUT2D eigenvalue weighted by molar-refractivity contribution is 0.295. The minimum absolute atomic E-state index is 0.148. The maximum absolute atomic E-state index is 11.8. The van der Waals surface area contributed by atoms with Crippen molar-refractivity contribution in [1.29, 1.82) is 0 Å². The number of aromatic nitrogens is 2. The summed E-state index contributed by atoms with van der Waals surface area (Å²) >= 11 is 0. The van der Waals surface area contributed by atoms with Crippen molar-refractivity contribution in [3.63, 3.8) is 0 Å². The molecular weight excluding hydrogens is 218 g/mol. The van der Waals surface area contributed by atoms with Crippen LogP contribution in [-0.4, -0.2) is 29.2 Å². The standard InChI is InChI=1S/C12H21N3O2/c1-3-5-13-7-10-17-11-12(16)15(8-4-2)9-6-14-11/h6,9,13H,3-5,7-8,10H2,1-2H3. The van der Waals surface area contributed by atoms with Gasteiger partial charge in [0, 0.05) is 25.5 Å². The van der Waals surface area contributed by atoms with E-state index in [0.29, 0.717) is 13.2 Å². The normalized spacial score (nSPS) is 10.5. The summed E-state index contributed by atoms with van der Waals surface area (Å²) in [4.78, 5) is 15.8. The molecule has 0 saturated heterocycles. The van der Waals surface area contributed by atoms with E-state index in [1.165, 1.54) is 0 Å². The number of nitrogens with zero attached hydrogens (tertiary/aromatic N) is 2. The third-order valence-electron chi connectivity index (χ3n) is 2.29. The SMILES string of the molecule is CCCNCCOc1nccn(CCC)c1=O. The minimum Gasteiger partial charge on any atom is -0.472 e. The van der Waals surface area contributed by atoms with Gasteiger partial charge in [-0.25, -0.2) is 4.98 Å². The van der Waals surface area contributed by atoms with E-state index in [-0.39, 0.29) is 11.4 Å². The van der Waals surface area contributed by atoms with Crippen LogP contribution in [0.25, 0.3) is 0 Å². The zero-order valence-corrected chi connectivity index (χ0v) is 10.6. The quantitative estimate of drug-likeness (QED) is 0.688. The van der Waals surface area contributed by atoms with E-state index < -0.39 is 0 Å². The van der Waals surface area contributed by atoms with Gasteiger partial charge in [0.1, 0.15) is 6.61 Å². The van der Waals surface area contributed by atoms with Gasteiger partial charge in [-0.2, -0.15) is 0 Å². The Labute approximate surface area is 102 Å². The number of aryl methyl sites for hydroxylation is 1. The molecule has 0 radical (unpaired) electrons. The lowest BCUT2D eigenvalue weighted by Crippen LogP contribution is -2.26. The fourth-order valence-electron chi connectivity index (χ4n) is 1.46. The van der Waals surface area contributed by atoms with Gasteiger partial charge in [0.2, 0.25) is 0 Å². The van der Waals surface area contributed by atoms with Gasteiger partial charge in [0.05, 0.1) is 0 Å². The van der Waals surface area contributed by atoms with Gasteiger partial charge in [-0.3, -0.25) is 4.79 Å². The first-order valence-electron chi connectivity index (χ1n) is 6.18. The topological polar surface area (TPSA) is 56.1 Å². The van der Waals surface area contributed by atoms with Crippen LogP contribution in [0.4, 0.5) is 0 Å². The molecule has 0 bridgehead atoms. The Bertz CT molecular complexity index is 376. The molecular formula is C12H21N3O2. The van der Waals surface area contributed by atoms with Gasteiger partial charge in [-0.05, 0) is 19.4 Å². The first-order valence-corrected chi connectivity index (χ1v) is 6.18. The first kappa shape index (κ1) is 13.7. The molecule has 0 unspecified atom stereocenters. The Kier molecular flexibility index (Phi) is 6.32. The van der Waals surface area contributed by atoms with Crippen LogP contribution in [0.5, 0.6) is 5.88 Å². The van der Waals surface area contributed by atoms with Crippen molar-refractivity contribution in [1.82, 2.24) is 14.9 Å². The molecule has 0 aliphatic heterocycles. The van der Waals surface area contributed by atoms with Crippen molar-refractivity contribution in [2.75, 3.05) is 19.7 Å². The third-order valence-corrected chi connectivity index (χ3v) is 2.29. The molecule has 1 rings (SSSR count). The van der Waals surface area contributed by atoms with Crippen LogP contribution in [0.3, 0.4) is 0 Å². The fourth-order valence-corrected chi connectivity index (χ4v) is 1.46. The van der Waals surface area contributed by atoms with Crippen LogP contribution < -0.4 is 15.6 Å². The monoisotopic (exact) mass is 239 g/mol. The minimum atomic E-state index is -0.148. The van der Waals surface area contributed by atoms with Crippen molar-refractivity contribution in [2.45, 2.75) is 33.2 Å². The second kappa shape index (κ2) is 7.84. The molecule has 5 heteroatoms. The Hall–Kier alpha value is -1.36. The second-order valence-electron chi connectivity index (χ2n) is 3.83. The maximum atomic E-state index is 11.8. The molecule has 17 heavy (non-hydrogen) atoms. The van der Waals surface area contributed by atoms with Crippen LogP contribution in [0.15, 0.2) is 17.2 Å². The van der Waals surface area contributed by atoms with Gasteiger partial charge in [-0.1, -0.05) is 13.8 Å². The smallest absolute Gasteiger partial charge is 0.313 e. The molecule has 0 aliphatic rings. The molecule has 0 atom stereocenters. The summed E-state index contributed by atoms with van der Waals surface area (Å²) in [6, 6.07) is 0. The predicted molar refractivity (Wildman–Crippen MR) is 67.4 cm³/mol. The van der Waals surface area contributed by atoms with E-state index >= 15 is 0 Å². The molecule has 96 valence electrons. The molecule has 0 spiro atoms. The number of nitrogens with one attached hydrogen (secondary N) is 1.